The Balaban J connectivity index is 1.84. The summed E-state index contributed by atoms with van der Waals surface area (Å²) in [6, 6.07) is 8.01. The molecule has 24 heavy (non-hydrogen) atoms. The monoisotopic (exact) mass is 330 g/mol. The Morgan fingerprint density at radius 3 is 2.75 bits per heavy atom. The van der Waals surface area contributed by atoms with Crippen LogP contribution in [0.2, 0.25) is 0 Å². The molecule has 3 N–H and O–H groups in total. The van der Waals surface area contributed by atoms with Crippen LogP contribution in [0.1, 0.15) is 51.0 Å². The summed E-state index contributed by atoms with van der Waals surface area (Å²) in [5.41, 5.74) is 2.00. The van der Waals surface area contributed by atoms with Crippen LogP contribution in [0.25, 0.3) is 0 Å². The average Bonchev–Trinajstić information content (AvgIpc) is 3.13. The number of rotatable bonds is 7. The molecule has 1 aliphatic carbocycles. The summed E-state index contributed by atoms with van der Waals surface area (Å²) in [5, 5.41) is 9.66. The Bertz CT molecular complexity index is 550. The van der Waals surface area contributed by atoms with Crippen molar-refractivity contribution in [3.05, 3.63) is 29.8 Å². The summed E-state index contributed by atoms with van der Waals surface area (Å²) in [6.45, 7) is 3.77. The molecular formula is C19H30N4O. The van der Waals surface area contributed by atoms with Gasteiger partial charge in [-0.05, 0) is 37.0 Å². The predicted molar refractivity (Wildman–Crippen MR) is 100 cm³/mol. The highest BCUT2D eigenvalue weighted by atomic mass is 16.1. The van der Waals surface area contributed by atoms with Gasteiger partial charge in [-0.3, -0.25) is 9.79 Å². The molecule has 0 aliphatic heterocycles. The van der Waals surface area contributed by atoms with E-state index in [0.717, 1.165) is 49.4 Å². The van der Waals surface area contributed by atoms with Gasteiger partial charge in [0, 0.05) is 31.7 Å². The first kappa shape index (κ1) is 18.3. The zero-order valence-corrected chi connectivity index (χ0v) is 14.9. The molecule has 0 aromatic heterocycles. The van der Waals surface area contributed by atoms with E-state index in [1.807, 2.05) is 18.2 Å². The Labute approximate surface area is 145 Å². The van der Waals surface area contributed by atoms with Gasteiger partial charge in [-0.15, -0.1) is 0 Å². The number of anilines is 1. The minimum atomic E-state index is 0.162. The van der Waals surface area contributed by atoms with E-state index in [0.29, 0.717) is 6.54 Å². The van der Waals surface area contributed by atoms with E-state index in [1.54, 1.807) is 7.05 Å². The molecule has 5 heteroatoms. The summed E-state index contributed by atoms with van der Waals surface area (Å²) in [5.74, 6) is 1.16. The first-order valence-electron chi connectivity index (χ1n) is 9.07. The predicted octanol–water partition coefficient (Wildman–Crippen LogP) is 3.28. The molecule has 0 radical (unpaired) electrons. The second kappa shape index (κ2) is 9.96. The van der Waals surface area contributed by atoms with E-state index in [9.17, 15) is 4.79 Å². The number of amides is 1. The van der Waals surface area contributed by atoms with Crippen LogP contribution >= 0.6 is 0 Å². The van der Waals surface area contributed by atoms with E-state index in [2.05, 4.69) is 33.9 Å². The van der Waals surface area contributed by atoms with Crippen LogP contribution in [0.3, 0.4) is 0 Å². The molecule has 0 spiro atoms. The average molecular weight is 330 g/mol. The normalized spacial score (nSPS) is 15.3. The van der Waals surface area contributed by atoms with Gasteiger partial charge >= 0.3 is 0 Å². The lowest BCUT2D eigenvalue weighted by molar-refractivity contribution is -0.119. The van der Waals surface area contributed by atoms with Crippen molar-refractivity contribution in [3.8, 4) is 0 Å². The number of hydrogen-bond donors (Lipinski definition) is 3. The number of nitrogens with one attached hydrogen (secondary N) is 3. The van der Waals surface area contributed by atoms with E-state index in [-0.39, 0.29) is 11.8 Å². The SMILES string of the molecule is CCCCNC(=NC)NCc1cccc(NC(=O)C2CCCC2)c1. The summed E-state index contributed by atoms with van der Waals surface area (Å²) in [6.07, 6.45) is 6.67. The summed E-state index contributed by atoms with van der Waals surface area (Å²) in [7, 11) is 1.78. The van der Waals surface area contributed by atoms with Gasteiger partial charge in [0.1, 0.15) is 0 Å². The first-order chi connectivity index (χ1) is 11.7. The minimum absolute atomic E-state index is 0.162. The highest BCUT2D eigenvalue weighted by molar-refractivity contribution is 5.92. The maximum Gasteiger partial charge on any atom is 0.227 e. The van der Waals surface area contributed by atoms with Crippen molar-refractivity contribution < 1.29 is 4.79 Å². The van der Waals surface area contributed by atoms with Gasteiger partial charge in [0.15, 0.2) is 5.96 Å². The minimum Gasteiger partial charge on any atom is -0.356 e. The second-order valence-corrected chi connectivity index (χ2v) is 6.38. The number of unbranched alkanes of at least 4 members (excludes halogenated alkanes) is 1. The Morgan fingerprint density at radius 2 is 2.04 bits per heavy atom. The highest BCUT2D eigenvalue weighted by Crippen LogP contribution is 2.26. The van der Waals surface area contributed by atoms with Crippen LogP contribution in [-0.2, 0) is 11.3 Å². The third-order valence-corrected chi connectivity index (χ3v) is 4.43. The molecule has 1 aromatic carbocycles. The van der Waals surface area contributed by atoms with Gasteiger partial charge in [-0.1, -0.05) is 38.3 Å². The zero-order valence-electron chi connectivity index (χ0n) is 14.9. The third kappa shape index (κ3) is 5.87. The van der Waals surface area contributed by atoms with Gasteiger partial charge in [0.05, 0.1) is 0 Å². The molecule has 1 aromatic rings. The van der Waals surface area contributed by atoms with Crippen LogP contribution in [0, 0.1) is 5.92 Å². The van der Waals surface area contributed by atoms with Crippen molar-refractivity contribution in [2.45, 2.75) is 52.0 Å². The van der Waals surface area contributed by atoms with Crippen molar-refractivity contribution in [1.29, 1.82) is 0 Å². The van der Waals surface area contributed by atoms with Crippen LogP contribution in [0.15, 0.2) is 29.3 Å². The lowest BCUT2D eigenvalue weighted by Crippen LogP contribution is -2.37. The second-order valence-electron chi connectivity index (χ2n) is 6.38. The smallest absolute Gasteiger partial charge is 0.227 e. The van der Waals surface area contributed by atoms with Gasteiger partial charge in [-0.25, -0.2) is 0 Å². The van der Waals surface area contributed by atoms with Crippen LogP contribution < -0.4 is 16.0 Å². The molecule has 0 heterocycles. The number of aliphatic imine (C=N–C) groups is 1. The molecular weight excluding hydrogens is 300 g/mol. The number of guanidine groups is 1. The lowest BCUT2D eigenvalue weighted by Gasteiger charge is -2.13. The van der Waals surface area contributed by atoms with E-state index in [4.69, 9.17) is 0 Å². The topological polar surface area (TPSA) is 65.5 Å². The summed E-state index contributed by atoms with van der Waals surface area (Å²) >= 11 is 0. The molecule has 1 saturated carbocycles. The zero-order chi connectivity index (χ0) is 17.2. The summed E-state index contributed by atoms with van der Waals surface area (Å²) < 4.78 is 0. The number of hydrogen-bond acceptors (Lipinski definition) is 2. The lowest BCUT2D eigenvalue weighted by atomic mass is 10.1. The molecule has 2 rings (SSSR count). The molecule has 0 saturated heterocycles. The summed E-state index contributed by atoms with van der Waals surface area (Å²) in [4.78, 5) is 16.5. The van der Waals surface area contributed by atoms with Crippen molar-refractivity contribution in [2.24, 2.45) is 10.9 Å². The fourth-order valence-electron chi connectivity index (χ4n) is 2.98. The quantitative estimate of drug-likeness (QED) is 0.408. The van der Waals surface area contributed by atoms with Crippen molar-refractivity contribution in [1.82, 2.24) is 10.6 Å². The maximum absolute atomic E-state index is 12.2. The number of carbonyl (C=O) groups excluding carboxylic acids is 1. The van der Waals surface area contributed by atoms with Crippen LogP contribution in [0.5, 0.6) is 0 Å². The number of carbonyl (C=O) groups is 1. The first-order valence-corrected chi connectivity index (χ1v) is 9.07. The van der Waals surface area contributed by atoms with Crippen molar-refractivity contribution in [2.75, 3.05) is 18.9 Å². The Kier molecular flexibility index (Phi) is 7.59. The fraction of sp³-hybridized carbons (Fsp3) is 0.579. The standard InChI is InChI=1S/C19H30N4O/c1-3-4-12-21-19(20-2)22-14-15-8-7-11-17(13-15)23-18(24)16-9-5-6-10-16/h7-8,11,13,16H,3-6,9-10,12,14H2,1-2H3,(H,23,24)(H2,20,21,22). The van der Waals surface area contributed by atoms with Gasteiger partial charge in [-0.2, -0.15) is 0 Å². The van der Waals surface area contributed by atoms with E-state index in [1.165, 1.54) is 12.8 Å². The number of benzene rings is 1. The van der Waals surface area contributed by atoms with E-state index < -0.39 is 0 Å². The molecule has 132 valence electrons. The molecule has 1 amide bonds. The molecule has 0 atom stereocenters. The molecule has 0 unspecified atom stereocenters. The largest absolute Gasteiger partial charge is 0.356 e. The Hall–Kier alpha value is -2.04. The van der Waals surface area contributed by atoms with Gasteiger partial charge in [0.25, 0.3) is 0 Å². The van der Waals surface area contributed by atoms with Gasteiger partial charge in [0.2, 0.25) is 5.91 Å². The van der Waals surface area contributed by atoms with E-state index >= 15 is 0 Å². The van der Waals surface area contributed by atoms with Crippen molar-refractivity contribution >= 4 is 17.6 Å². The third-order valence-electron chi connectivity index (χ3n) is 4.43. The molecule has 5 nitrogen and oxygen atoms in total. The number of nitrogens with zero attached hydrogens (tertiary/aromatic N) is 1. The van der Waals surface area contributed by atoms with Gasteiger partial charge < -0.3 is 16.0 Å². The van der Waals surface area contributed by atoms with Crippen LogP contribution in [0.4, 0.5) is 5.69 Å². The van der Waals surface area contributed by atoms with Crippen molar-refractivity contribution in [3.63, 3.8) is 0 Å². The fourth-order valence-corrected chi connectivity index (χ4v) is 2.98. The van der Waals surface area contributed by atoms with Crippen LogP contribution in [-0.4, -0.2) is 25.5 Å². The Morgan fingerprint density at radius 1 is 1.25 bits per heavy atom. The molecule has 1 fully saturated rings. The highest BCUT2D eigenvalue weighted by Gasteiger charge is 2.22. The maximum atomic E-state index is 12.2. The molecule has 0 bridgehead atoms. The molecule has 1 aliphatic rings.